The number of rotatable bonds is 10. The Hall–Kier alpha value is -4.38. The van der Waals surface area contributed by atoms with Crippen molar-refractivity contribution in [2.75, 3.05) is 24.9 Å². The summed E-state index contributed by atoms with van der Waals surface area (Å²) in [6.45, 7) is 3.35. The van der Waals surface area contributed by atoms with Gasteiger partial charge < -0.3 is 20.1 Å². The molecule has 196 valence electrons. The van der Waals surface area contributed by atoms with E-state index in [0.29, 0.717) is 13.2 Å². The summed E-state index contributed by atoms with van der Waals surface area (Å²) in [6, 6.07) is 40.6. The fraction of sp³-hybridized carbons (Fsp3) is 0.143. The van der Waals surface area contributed by atoms with E-state index in [0.717, 1.165) is 33.9 Å². The Labute approximate surface area is 231 Å². The Morgan fingerprint density at radius 1 is 0.462 bits per heavy atom. The van der Waals surface area contributed by atoms with Crippen LogP contribution in [0.2, 0.25) is 0 Å². The number of aryl methyl sites for hydroxylation is 1. The second-order valence-corrected chi connectivity index (χ2v) is 9.71. The van der Waals surface area contributed by atoms with E-state index in [1.165, 1.54) is 27.8 Å². The van der Waals surface area contributed by atoms with Crippen LogP contribution in [0.25, 0.3) is 22.3 Å². The molecule has 39 heavy (non-hydrogen) atoms. The van der Waals surface area contributed by atoms with E-state index in [4.69, 9.17) is 9.47 Å². The van der Waals surface area contributed by atoms with Crippen LogP contribution >= 0.6 is 0 Å². The van der Waals surface area contributed by atoms with Gasteiger partial charge in [0.15, 0.2) is 0 Å². The van der Waals surface area contributed by atoms with Crippen LogP contribution in [0, 0.1) is 6.92 Å². The van der Waals surface area contributed by atoms with Crippen LogP contribution in [0.5, 0.6) is 0 Å². The van der Waals surface area contributed by atoms with Crippen molar-refractivity contribution in [1.82, 2.24) is 0 Å². The van der Waals surface area contributed by atoms with Gasteiger partial charge in [0.25, 0.3) is 0 Å². The summed E-state index contributed by atoms with van der Waals surface area (Å²) in [6.07, 6.45) is 0. The third kappa shape index (κ3) is 6.74. The molecule has 0 saturated heterocycles. The maximum atomic E-state index is 5.24. The molecule has 0 amide bonds. The maximum absolute atomic E-state index is 5.24. The van der Waals surface area contributed by atoms with E-state index < -0.39 is 0 Å². The minimum atomic E-state index is 0.613. The molecule has 5 aromatic carbocycles. The van der Waals surface area contributed by atoms with Gasteiger partial charge in [-0.2, -0.15) is 0 Å². The van der Waals surface area contributed by atoms with E-state index in [2.05, 4.69) is 133 Å². The van der Waals surface area contributed by atoms with Crippen molar-refractivity contribution in [3.63, 3.8) is 0 Å². The predicted molar refractivity (Wildman–Crippen MR) is 163 cm³/mol. The number of hydrogen-bond acceptors (Lipinski definition) is 4. The molecule has 0 fully saturated rings. The number of ether oxygens (including phenoxy) is 2. The maximum Gasteiger partial charge on any atom is 0.0713 e. The molecule has 0 aliphatic rings. The lowest BCUT2D eigenvalue weighted by Crippen LogP contribution is -1.94. The Bertz CT molecular complexity index is 1490. The SMILES string of the molecule is COCc1ccc(Nc2ccc(-c3ccc(Nc4ccc(COC)cc4)cc3-c3ccc(C)cc3)cc2)cc1. The van der Waals surface area contributed by atoms with Gasteiger partial charge in [0.1, 0.15) is 0 Å². The fourth-order valence-corrected chi connectivity index (χ4v) is 4.61. The van der Waals surface area contributed by atoms with Crippen LogP contribution in [0.15, 0.2) is 115 Å². The smallest absolute Gasteiger partial charge is 0.0713 e. The predicted octanol–water partition coefficient (Wildman–Crippen LogP) is 9.11. The largest absolute Gasteiger partial charge is 0.380 e. The summed E-state index contributed by atoms with van der Waals surface area (Å²) >= 11 is 0. The minimum Gasteiger partial charge on any atom is -0.380 e. The van der Waals surface area contributed by atoms with Gasteiger partial charge in [-0.05, 0) is 88.8 Å². The van der Waals surface area contributed by atoms with E-state index in [1.807, 2.05) is 0 Å². The quantitative estimate of drug-likeness (QED) is 0.195. The zero-order chi connectivity index (χ0) is 27.0. The van der Waals surface area contributed by atoms with Crippen LogP contribution in [0.1, 0.15) is 16.7 Å². The van der Waals surface area contributed by atoms with Crippen molar-refractivity contribution in [2.24, 2.45) is 0 Å². The van der Waals surface area contributed by atoms with Gasteiger partial charge in [-0.25, -0.2) is 0 Å². The van der Waals surface area contributed by atoms with E-state index in [-0.39, 0.29) is 0 Å². The first-order valence-electron chi connectivity index (χ1n) is 13.1. The lowest BCUT2D eigenvalue weighted by molar-refractivity contribution is 0.185. The number of benzene rings is 5. The second-order valence-electron chi connectivity index (χ2n) is 9.71. The zero-order valence-electron chi connectivity index (χ0n) is 22.7. The Balaban J connectivity index is 1.41. The molecule has 0 aliphatic heterocycles. The van der Waals surface area contributed by atoms with Crippen molar-refractivity contribution in [3.8, 4) is 22.3 Å². The molecule has 0 saturated carbocycles. The van der Waals surface area contributed by atoms with Crippen molar-refractivity contribution in [1.29, 1.82) is 0 Å². The lowest BCUT2D eigenvalue weighted by Gasteiger charge is -2.15. The summed E-state index contributed by atoms with van der Waals surface area (Å²) in [5.41, 5.74) is 12.5. The van der Waals surface area contributed by atoms with Gasteiger partial charge in [0.2, 0.25) is 0 Å². The average molecular weight is 515 g/mol. The van der Waals surface area contributed by atoms with Gasteiger partial charge in [-0.15, -0.1) is 0 Å². The molecule has 0 radical (unpaired) electrons. The van der Waals surface area contributed by atoms with Gasteiger partial charge in [0, 0.05) is 37.0 Å². The molecule has 5 aromatic rings. The average Bonchev–Trinajstić information content (AvgIpc) is 2.96. The molecule has 4 nitrogen and oxygen atoms in total. The van der Waals surface area contributed by atoms with Crippen LogP contribution in [0.3, 0.4) is 0 Å². The number of methoxy groups -OCH3 is 2. The fourth-order valence-electron chi connectivity index (χ4n) is 4.61. The Morgan fingerprint density at radius 3 is 1.38 bits per heavy atom. The van der Waals surface area contributed by atoms with Gasteiger partial charge >= 0.3 is 0 Å². The highest BCUT2D eigenvalue weighted by Gasteiger charge is 2.10. The molecule has 0 spiro atoms. The van der Waals surface area contributed by atoms with E-state index >= 15 is 0 Å². The zero-order valence-corrected chi connectivity index (χ0v) is 22.7. The summed E-state index contributed by atoms with van der Waals surface area (Å²) in [5.74, 6) is 0. The first-order chi connectivity index (χ1) is 19.1. The van der Waals surface area contributed by atoms with Gasteiger partial charge in [-0.3, -0.25) is 0 Å². The van der Waals surface area contributed by atoms with Gasteiger partial charge in [-0.1, -0.05) is 72.3 Å². The number of hydrogen-bond donors (Lipinski definition) is 2. The van der Waals surface area contributed by atoms with Crippen LogP contribution in [0.4, 0.5) is 22.7 Å². The number of anilines is 4. The molecule has 2 N–H and O–H groups in total. The summed E-state index contributed by atoms with van der Waals surface area (Å²) in [7, 11) is 3.43. The highest BCUT2D eigenvalue weighted by atomic mass is 16.5. The van der Waals surface area contributed by atoms with Crippen molar-refractivity contribution >= 4 is 22.7 Å². The van der Waals surface area contributed by atoms with Gasteiger partial charge in [0.05, 0.1) is 13.2 Å². The molecule has 0 unspecified atom stereocenters. The van der Waals surface area contributed by atoms with E-state index in [1.54, 1.807) is 14.2 Å². The minimum absolute atomic E-state index is 0.613. The van der Waals surface area contributed by atoms with Crippen molar-refractivity contribution in [3.05, 3.63) is 132 Å². The van der Waals surface area contributed by atoms with E-state index in [9.17, 15) is 0 Å². The third-order valence-electron chi connectivity index (χ3n) is 6.69. The van der Waals surface area contributed by atoms with Crippen molar-refractivity contribution < 1.29 is 9.47 Å². The van der Waals surface area contributed by atoms with Crippen LogP contribution in [-0.2, 0) is 22.7 Å². The summed E-state index contributed by atoms with van der Waals surface area (Å²) in [4.78, 5) is 0. The lowest BCUT2D eigenvalue weighted by atomic mass is 9.93. The number of nitrogens with one attached hydrogen (secondary N) is 2. The van der Waals surface area contributed by atoms with Crippen molar-refractivity contribution in [2.45, 2.75) is 20.1 Å². The van der Waals surface area contributed by atoms with Crippen LogP contribution < -0.4 is 10.6 Å². The third-order valence-corrected chi connectivity index (χ3v) is 6.69. The Morgan fingerprint density at radius 2 is 0.872 bits per heavy atom. The molecule has 5 rings (SSSR count). The normalized spacial score (nSPS) is 10.8. The molecular formula is C35H34N2O2. The molecule has 0 heterocycles. The first-order valence-corrected chi connectivity index (χ1v) is 13.1. The monoisotopic (exact) mass is 514 g/mol. The molecule has 0 bridgehead atoms. The Kier molecular flexibility index (Phi) is 8.37. The molecule has 0 aliphatic carbocycles. The molecular weight excluding hydrogens is 480 g/mol. The highest BCUT2D eigenvalue weighted by Crippen LogP contribution is 2.36. The van der Waals surface area contributed by atoms with Crippen LogP contribution in [-0.4, -0.2) is 14.2 Å². The first kappa shape index (κ1) is 26.2. The second kappa shape index (κ2) is 12.4. The molecule has 0 atom stereocenters. The standard InChI is InChI=1S/C35H34N2O2/c1-25-4-10-29(11-5-25)35-22-33(37-31-16-8-27(9-17-31)24-39-3)20-21-34(35)28-12-18-32(19-13-28)36-30-14-6-26(7-15-30)23-38-2/h4-22,36-37H,23-24H2,1-3H3. The highest BCUT2D eigenvalue weighted by molar-refractivity contribution is 5.87. The summed E-state index contributed by atoms with van der Waals surface area (Å²) in [5, 5.41) is 7.06. The summed E-state index contributed by atoms with van der Waals surface area (Å²) < 4.78 is 10.4. The molecule has 4 heteroatoms. The topological polar surface area (TPSA) is 42.5 Å². The molecule has 0 aromatic heterocycles.